The molecule has 6 nitrogen and oxygen atoms in total. The van der Waals surface area contributed by atoms with E-state index in [1.54, 1.807) is 0 Å². The van der Waals surface area contributed by atoms with Gasteiger partial charge in [-0.1, -0.05) is 32.3 Å². The van der Waals surface area contributed by atoms with Gasteiger partial charge in [0.1, 0.15) is 17.2 Å². The van der Waals surface area contributed by atoms with E-state index in [4.69, 9.17) is 4.42 Å². The van der Waals surface area contributed by atoms with Gasteiger partial charge in [0.15, 0.2) is 5.76 Å². The van der Waals surface area contributed by atoms with Crippen molar-refractivity contribution in [2.75, 3.05) is 0 Å². The third-order valence-corrected chi connectivity index (χ3v) is 6.53. The number of pyridine rings is 1. The Labute approximate surface area is 180 Å². The zero-order valence-corrected chi connectivity index (χ0v) is 18.1. The molecule has 0 aliphatic heterocycles. The number of carbonyl (C=O) groups is 1. The van der Waals surface area contributed by atoms with Crippen molar-refractivity contribution in [2.45, 2.75) is 65.3 Å². The second-order valence-electron chi connectivity index (χ2n) is 8.35. The summed E-state index contributed by atoms with van der Waals surface area (Å²) in [4.78, 5) is 26.5. The lowest BCUT2D eigenvalue weighted by atomic mass is 9.93. The second-order valence-corrected chi connectivity index (χ2v) is 8.35. The quantitative estimate of drug-likeness (QED) is 0.596. The molecule has 0 atom stereocenters. The minimum absolute atomic E-state index is 0.0282. The summed E-state index contributed by atoms with van der Waals surface area (Å²) >= 11 is 0. The van der Waals surface area contributed by atoms with Gasteiger partial charge >= 0.3 is 0 Å². The van der Waals surface area contributed by atoms with Crippen molar-refractivity contribution in [1.29, 1.82) is 5.26 Å². The maximum absolute atomic E-state index is 13.6. The Hall–Kier alpha value is -3.33. The molecule has 0 spiro atoms. The van der Waals surface area contributed by atoms with Crippen LogP contribution in [0.4, 0.5) is 0 Å². The monoisotopic (exact) mass is 418 g/mol. The first-order chi connectivity index (χ1) is 14.9. The van der Waals surface area contributed by atoms with Gasteiger partial charge in [-0.3, -0.25) is 14.2 Å². The molecular formula is C25H26N2O4. The molecule has 1 aliphatic rings. The Balaban J connectivity index is 1.92. The van der Waals surface area contributed by atoms with Crippen LogP contribution in [0.3, 0.4) is 0 Å². The summed E-state index contributed by atoms with van der Waals surface area (Å²) in [6, 6.07) is 7.53. The van der Waals surface area contributed by atoms with E-state index in [-0.39, 0.29) is 34.4 Å². The normalized spacial score (nSPS) is 14.6. The number of benzene rings is 1. The van der Waals surface area contributed by atoms with Gasteiger partial charge in [-0.25, -0.2) is 0 Å². The van der Waals surface area contributed by atoms with Gasteiger partial charge in [-0.2, -0.15) is 5.26 Å². The van der Waals surface area contributed by atoms with Crippen LogP contribution in [0.15, 0.2) is 27.4 Å². The lowest BCUT2D eigenvalue weighted by Gasteiger charge is -2.26. The summed E-state index contributed by atoms with van der Waals surface area (Å²) in [5, 5.41) is 21.6. The molecule has 4 rings (SSSR count). The number of furan rings is 1. The molecule has 1 fully saturated rings. The minimum atomic E-state index is -0.533. The highest BCUT2D eigenvalue weighted by molar-refractivity contribution is 6.12. The zero-order valence-electron chi connectivity index (χ0n) is 18.1. The third kappa shape index (κ3) is 3.34. The highest BCUT2D eigenvalue weighted by atomic mass is 16.3. The van der Waals surface area contributed by atoms with Crippen molar-refractivity contribution in [3.05, 3.63) is 62.1 Å². The molecule has 1 N–H and O–H groups in total. The molecule has 0 saturated heterocycles. The van der Waals surface area contributed by atoms with Crippen molar-refractivity contribution < 1.29 is 14.3 Å². The standard InChI is InChI=1S/C25H26N2O4/c1-4-16-10-11-20-18(12-16)15(3)23(31-20)22(28)21-14(2)19(13-26)24(29)27(25(21)30)17-8-6-5-7-9-17/h10-12,17,30H,4-9H2,1-3H3. The number of ketones is 1. The number of hydrogen-bond acceptors (Lipinski definition) is 5. The van der Waals surface area contributed by atoms with Crippen LogP contribution in [-0.2, 0) is 6.42 Å². The molecule has 1 saturated carbocycles. The van der Waals surface area contributed by atoms with E-state index >= 15 is 0 Å². The van der Waals surface area contributed by atoms with E-state index in [9.17, 15) is 20.0 Å². The zero-order chi connectivity index (χ0) is 22.3. The van der Waals surface area contributed by atoms with Crippen LogP contribution in [0.2, 0.25) is 0 Å². The molecule has 0 bridgehead atoms. The maximum atomic E-state index is 13.6. The van der Waals surface area contributed by atoms with Crippen LogP contribution in [0.25, 0.3) is 11.0 Å². The number of aryl methyl sites for hydroxylation is 2. The van der Waals surface area contributed by atoms with Gasteiger partial charge in [-0.05, 0) is 56.4 Å². The molecule has 0 unspecified atom stereocenters. The fourth-order valence-corrected chi connectivity index (χ4v) is 4.69. The number of aromatic hydroxyl groups is 1. The molecule has 2 heterocycles. The van der Waals surface area contributed by atoms with Crippen molar-refractivity contribution >= 4 is 16.8 Å². The number of nitrogens with zero attached hydrogens (tertiary/aromatic N) is 2. The molecule has 0 radical (unpaired) electrons. The Morgan fingerprint density at radius 3 is 2.58 bits per heavy atom. The molecule has 0 amide bonds. The lowest BCUT2D eigenvalue weighted by molar-refractivity contribution is 0.100. The number of fused-ring (bicyclic) bond motifs is 1. The van der Waals surface area contributed by atoms with Crippen LogP contribution < -0.4 is 5.56 Å². The molecular weight excluding hydrogens is 392 g/mol. The van der Waals surface area contributed by atoms with Crippen LogP contribution in [0.5, 0.6) is 5.88 Å². The van der Waals surface area contributed by atoms with Crippen molar-refractivity contribution in [2.24, 2.45) is 0 Å². The number of rotatable bonds is 4. The van der Waals surface area contributed by atoms with Crippen molar-refractivity contribution in [3.63, 3.8) is 0 Å². The fraction of sp³-hybridized carbons (Fsp3) is 0.400. The van der Waals surface area contributed by atoms with E-state index < -0.39 is 11.3 Å². The average Bonchev–Trinajstić information content (AvgIpc) is 3.10. The Bertz CT molecular complexity index is 1280. The highest BCUT2D eigenvalue weighted by Gasteiger charge is 2.31. The largest absolute Gasteiger partial charge is 0.494 e. The number of nitriles is 1. The molecule has 160 valence electrons. The Morgan fingerprint density at radius 1 is 1.23 bits per heavy atom. The summed E-state index contributed by atoms with van der Waals surface area (Å²) in [6.45, 7) is 5.40. The predicted octanol–water partition coefficient (Wildman–Crippen LogP) is 5.09. The van der Waals surface area contributed by atoms with Crippen molar-refractivity contribution in [1.82, 2.24) is 4.57 Å². The number of carbonyl (C=O) groups excluding carboxylic acids is 1. The Morgan fingerprint density at radius 2 is 1.94 bits per heavy atom. The molecule has 6 heteroatoms. The topological polar surface area (TPSA) is 96.2 Å². The van der Waals surface area contributed by atoms with E-state index in [1.165, 1.54) is 11.5 Å². The Kier molecular flexibility index (Phi) is 5.45. The molecule has 31 heavy (non-hydrogen) atoms. The first-order valence-corrected chi connectivity index (χ1v) is 10.8. The van der Waals surface area contributed by atoms with E-state index in [1.807, 2.05) is 31.2 Å². The van der Waals surface area contributed by atoms with Gasteiger partial charge in [-0.15, -0.1) is 0 Å². The summed E-state index contributed by atoms with van der Waals surface area (Å²) in [7, 11) is 0. The minimum Gasteiger partial charge on any atom is -0.494 e. The van der Waals surface area contributed by atoms with Gasteiger partial charge in [0.05, 0.1) is 5.56 Å². The SMILES string of the molecule is CCc1ccc2oc(C(=O)c3c(C)c(C#N)c(=O)n(C4CCCCC4)c3O)c(C)c2c1. The van der Waals surface area contributed by atoms with Crippen LogP contribution in [0.1, 0.15) is 83.4 Å². The van der Waals surface area contributed by atoms with E-state index in [0.717, 1.165) is 49.5 Å². The summed E-state index contributed by atoms with van der Waals surface area (Å²) < 4.78 is 7.14. The van der Waals surface area contributed by atoms with Gasteiger partial charge < -0.3 is 9.52 Å². The van der Waals surface area contributed by atoms with Gasteiger partial charge in [0.2, 0.25) is 11.7 Å². The summed E-state index contributed by atoms with van der Waals surface area (Å²) in [5.74, 6) is -0.755. The molecule has 1 aromatic carbocycles. The average molecular weight is 418 g/mol. The van der Waals surface area contributed by atoms with Gasteiger partial charge in [0.25, 0.3) is 5.56 Å². The number of aromatic nitrogens is 1. The fourth-order valence-electron chi connectivity index (χ4n) is 4.69. The first-order valence-electron chi connectivity index (χ1n) is 10.8. The van der Waals surface area contributed by atoms with Crippen LogP contribution in [0, 0.1) is 25.2 Å². The van der Waals surface area contributed by atoms with Crippen molar-refractivity contribution in [3.8, 4) is 11.9 Å². The highest BCUT2D eigenvalue weighted by Crippen LogP contribution is 2.35. The van der Waals surface area contributed by atoms with Crippen LogP contribution >= 0.6 is 0 Å². The third-order valence-electron chi connectivity index (χ3n) is 6.53. The predicted molar refractivity (Wildman–Crippen MR) is 118 cm³/mol. The smallest absolute Gasteiger partial charge is 0.271 e. The molecule has 2 aromatic heterocycles. The summed E-state index contributed by atoms with van der Waals surface area (Å²) in [5.41, 5.74) is 1.94. The lowest BCUT2D eigenvalue weighted by Crippen LogP contribution is -2.31. The van der Waals surface area contributed by atoms with Crippen LogP contribution in [-0.4, -0.2) is 15.5 Å². The second kappa shape index (κ2) is 8.07. The molecule has 3 aromatic rings. The maximum Gasteiger partial charge on any atom is 0.271 e. The first kappa shape index (κ1) is 20.9. The summed E-state index contributed by atoms with van der Waals surface area (Å²) in [6.07, 6.45) is 5.29. The van der Waals surface area contributed by atoms with E-state index in [0.29, 0.717) is 11.1 Å². The van der Waals surface area contributed by atoms with E-state index in [2.05, 4.69) is 6.92 Å². The molecule has 1 aliphatic carbocycles. The van der Waals surface area contributed by atoms with Gasteiger partial charge in [0, 0.05) is 17.0 Å². The number of hydrogen-bond donors (Lipinski definition) is 1.